The average molecular weight is 405 g/mol. The molecule has 0 unspecified atom stereocenters. The summed E-state index contributed by atoms with van der Waals surface area (Å²) in [7, 11) is 0. The summed E-state index contributed by atoms with van der Waals surface area (Å²) < 4.78 is 0. The number of hydrogen-bond acceptors (Lipinski definition) is 3. The molecule has 1 atom stereocenters. The van der Waals surface area contributed by atoms with E-state index in [4.69, 9.17) is 11.6 Å². The number of nitrogens with zero attached hydrogens (tertiary/aromatic N) is 1. The quantitative estimate of drug-likeness (QED) is 0.631. The smallest absolute Gasteiger partial charge is 0.242 e. The second-order valence-corrected chi connectivity index (χ2v) is 7.70. The molecule has 0 heterocycles. The summed E-state index contributed by atoms with van der Waals surface area (Å²) >= 11 is 7.42. The third kappa shape index (κ3) is 6.92. The molecular weight excluding hydrogens is 380 g/mol. The molecule has 0 radical (unpaired) electrons. The fourth-order valence-electron chi connectivity index (χ4n) is 2.51. The minimum atomic E-state index is -0.545. The van der Waals surface area contributed by atoms with Crippen LogP contribution in [0.5, 0.6) is 0 Å². The van der Waals surface area contributed by atoms with E-state index < -0.39 is 6.04 Å². The number of thioether (sulfide) groups is 1. The number of halogens is 1. The lowest BCUT2D eigenvalue weighted by Crippen LogP contribution is -2.48. The Hall–Kier alpha value is -1.98. The Labute approximate surface area is 170 Å². The summed E-state index contributed by atoms with van der Waals surface area (Å²) in [4.78, 5) is 28.0. The second-order valence-electron chi connectivity index (χ2n) is 6.22. The highest BCUT2D eigenvalue weighted by molar-refractivity contribution is 8.00. The highest BCUT2D eigenvalue weighted by Gasteiger charge is 2.25. The van der Waals surface area contributed by atoms with Crippen molar-refractivity contribution in [3.63, 3.8) is 0 Å². The van der Waals surface area contributed by atoms with Crippen molar-refractivity contribution in [3.8, 4) is 0 Å². The SMILES string of the molecule is CCCNC(=O)[C@@H](C)N(Cc1ccc(Cl)cc1)C(=O)CSc1ccccc1. The van der Waals surface area contributed by atoms with Gasteiger partial charge in [0.15, 0.2) is 0 Å². The fraction of sp³-hybridized carbons (Fsp3) is 0.333. The minimum Gasteiger partial charge on any atom is -0.354 e. The summed E-state index contributed by atoms with van der Waals surface area (Å²) in [5, 5.41) is 3.52. The molecule has 2 aromatic rings. The largest absolute Gasteiger partial charge is 0.354 e. The van der Waals surface area contributed by atoms with Gasteiger partial charge in [0.2, 0.25) is 11.8 Å². The Balaban J connectivity index is 2.10. The van der Waals surface area contributed by atoms with Crippen molar-refractivity contribution < 1.29 is 9.59 Å². The Morgan fingerprint density at radius 2 is 1.78 bits per heavy atom. The van der Waals surface area contributed by atoms with E-state index in [1.54, 1.807) is 24.0 Å². The van der Waals surface area contributed by atoms with Crippen molar-refractivity contribution in [1.29, 1.82) is 0 Å². The molecule has 0 saturated heterocycles. The van der Waals surface area contributed by atoms with Gasteiger partial charge >= 0.3 is 0 Å². The number of carbonyl (C=O) groups is 2. The van der Waals surface area contributed by atoms with Crippen LogP contribution in [0.25, 0.3) is 0 Å². The molecule has 2 amide bonds. The van der Waals surface area contributed by atoms with Crippen LogP contribution in [0.4, 0.5) is 0 Å². The maximum atomic E-state index is 12.9. The zero-order valence-electron chi connectivity index (χ0n) is 15.7. The predicted molar refractivity (Wildman–Crippen MR) is 112 cm³/mol. The Morgan fingerprint density at radius 1 is 1.11 bits per heavy atom. The van der Waals surface area contributed by atoms with E-state index in [0.717, 1.165) is 16.9 Å². The van der Waals surface area contributed by atoms with Crippen LogP contribution >= 0.6 is 23.4 Å². The standard InChI is InChI=1S/C21H25ClN2O2S/c1-3-13-23-21(26)16(2)24(14-17-9-11-18(22)12-10-17)20(25)15-27-19-7-5-4-6-8-19/h4-12,16H,3,13-15H2,1-2H3,(H,23,26)/t16-/m1/s1. The normalized spacial score (nSPS) is 11.7. The highest BCUT2D eigenvalue weighted by atomic mass is 35.5. The molecule has 144 valence electrons. The molecule has 0 bridgehead atoms. The van der Waals surface area contributed by atoms with Gasteiger partial charge in [0.25, 0.3) is 0 Å². The van der Waals surface area contributed by atoms with Crippen molar-refractivity contribution in [1.82, 2.24) is 10.2 Å². The molecular formula is C21H25ClN2O2S. The van der Waals surface area contributed by atoms with Crippen LogP contribution in [0.2, 0.25) is 5.02 Å². The van der Waals surface area contributed by atoms with Gasteiger partial charge in [-0.05, 0) is 43.2 Å². The number of rotatable bonds is 9. The van der Waals surface area contributed by atoms with Crippen molar-refractivity contribution >= 4 is 35.2 Å². The molecule has 0 aliphatic carbocycles. The first-order chi connectivity index (χ1) is 13.0. The van der Waals surface area contributed by atoms with Crippen molar-refractivity contribution in [2.24, 2.45) is 0 Å². The summed E-state index contributed by atoms with van der Waals surface area (Å²) in [6.07, 6.45) is 0.855. The van der Waals surface area contributed by atoms with Crippen LogP contribution in [-0.4, -0.2) is 35.1 Å². The maximum absolute atomic E-state index is 12.9. The fourth-order valence-corrected chi connectivity index (χ4v) is 3.44. The molecule has 6 heteroatoms. The second kappa shape index (κ2) is 11.0. The molecule has 0 aliphatic rings. The van der Waals surface area contributed by atoms with E-state index in [9.17, 15) is 9.59 Å². The molecule has 0 saturated carbocycles. The Morgan fingerprint density at radius 3 is 2.41 bits per heavy atom. The average Bonchev–Trinajstić information content (AvgIpc) is 2.70. The van der Waals surface area contributed by atoms with Crippen molar-refractivity contribution in [2.75, 3.05) is 12.3 Å². The number of carbonyl (C=O) groups excluding carboxylic acids is 2. The summed E-state index contributed by atoms with van der Waals surface area (Å²) in [6.45, 7) is 4.74. The van der Waals surface area contributed by atoms with Gasteiger partial charge in [-0.1, -0.05) is 48.9 Å². The topological polar surface area (TPSA) is 49.4 Å². The maximum Gasteiger partial charge on any atom is 0.242 e. The minimum absolute atomic E-state index is 0.0713. The van der Waals surface area contributed by atoms with Gasteiger partial charge in [-0.25, -0.2) is 0 Å². The van der Waals surface area contributed by atoms with Crippen molar-refractivity contribution in [2.45, 2.75) is 37.8 Å². The Kier molecular flexibility index (Phi) is 8.69. The van der Waals surface area contributed by atoms with Gasteiger partial charge in [0.05, 0.1) is 5.75 Å². The van der Waals surface area contributed by atoms with Crippen LogP contribution in [0.15, 0.2) is 59.5 Å². The molecule has 2 aromatic carbocycles. The van der Waals surface area contributed by atoms with Gasteiger partial charge in [-0.3, -0.25) is 9.59 Å². The summed E-state index contributed by atoms with van der Waals surface area (Å²) in [5.41, 5.74) is 0.938. The summed E-state index contributed by atoms with van der Waals surface area (Å²) in [6, 6.07) is 16.6. The molecule has 0 aromatic heterocycles. The summed E-state index contributed by atoms with van der Waals surface area (Å²) in [5.74, 6) is 0.0741. The third-order valence-corrected chi connectivity index (χ3v) is 5.34. The van der Waals surface area contributed by atoms with E-state index in [0.29, 0.717) is 18.1 Å². The van der Waals surface area contributed by atoms with E-state index in [-0.39, 0.29) is 17.6 Å². The molecule has 27 heavy (non-hydrogen) atoms. The third-order valence-electron chi connectivity index (χ3n) is 4.09. The molecule has 0 spiro atoms. The molecule has 0 fully saturated rings. The first-order valence-electron chi connectivity index (χ1n) is 9.00. The van der Waals surface area contributed by atoms with Crippen LogP contribution in [-0.2, 0) is 16.1 Å². The number of amides is 2. The van der Waals surface area contributed by atoms with Crippen molar-refractivity contribution in [3.05, 3.63) is 65.2 Å². The van der Waals surface area contributed by atoms with Gasteiger partial charge in [0, 0.05) is 23.0 Å². The molecule has 1 N–H and O–H groups in total. The predicted octanol–water partition coefficient (Wildman–Crippen LogP) is 4.38. The van der Waals surface area contributed by atoms with E-state index in [1.807, 2.05) is 49.4 Å². The zero-order chi connectivity index (χ0) is 19.6. The lowest BCUT2D eigenvalue weighted by Gasteiger charge is -2.28. The molecule has 4 nitrogen and oxygen atoms in total. The van der Waals surface area contributed by atoms with E-state index >= 15 is 0 Å². The van der Waals surface area contributed by atoms with E-state index in [1.165, 1.54) is 11.8 Å². The molecule has 0 aliphatic heterocycles. The van der Waals surface area contributed by atoms with Gasteiger partial charge < -0.3 is 10.2 Å². The number of nitrogens with one attached hydrogen (secondary N) is 1. The zero-order valence-corrected chi connectivity index (χ0v) is 17.2. The van der Waals surface area contributed by atoms with Gasteiger partial charge in [-0.2, -0.15) is 0 Å². The number of hydrogen-bond donors (Lipinski definition) is 1. The van der Waals surface area contributed by atoms with Crippen LogP contribution < -0.4 is 5.32 Å². The van der Waals surface area contributed by atoms with Crippen LogP contribution in [0.3, 0.4) is 0 Å². The first kappa shape index (κ1) is 21.3. The lowest BCUT2D eigenvalue weighted by atomic mass is 10.1. The first-order valence-corrected chi connectivity index (χ1v) is 10.4. The lowest BCUT2D eigenvalue weighted by molar-refractivity contribution is -0.138. The van der Waals surface area contributed by atoms with Gasteiger partial charge in [0.1, 0.15) is 6.04 Å². The monoisotopic (exact) mass is 404 g/mol. The molecule has 2 rings (SSSR count). The van der Waals surface area contributed by atoms with Crippen LogP contribution in [0.1, 0.15) is 25.8 Å². The number of benzene rings is 2. The van der Waals surface area contributed by atoms with Crippen LogP contribution in [0, 0.1) is 0 Å². The Bertz CT molecular complexity index is 738. The van der Waals surface area contributed by atoms with E-state index in [2.05, 4.69) is 5.32 Å². The highest BCUT2D eigenvalue weighted by Crippen LogP contribution is 2.20. The van der Waals surface area contributed by atoms with Gasteiger partial charge in [-0.15, -0.1) is 11.8 Å².